The molecular formula is C17H18ClN5O. The summed E-state index contributed by atoms with van der Waals surface area (Å²) < 4.78 is 0. The number of aromatic nitrogens is 2. The molecule has 1 amide bonds. The molecule has 0 aromatic carbocycles. The van der Waals surface area contributed by atoms with E-state index in [1.54, 1.807) is 12.3 Å². The van der Waals surface area contributed by atoms with E-state index in [0.29, 0.717) is 16.7 Å². The third kappa shape index (κ3) is 2.89. The van der Waals surface area contributed by atoms with Crippen molar-refractivity contribution in [2.75, 3.05) is 13.1 Å². The fraction of sp³-hybridized carbons (Fsp3) is 0.353. The van der Waals surface area contributed by atoms with Crippen molar-refractivity contribution in [2.24, 2.45) is 4.99 Å². The highest BCUT2D eigenvalue weighted by Gasteiger charge is 2.25. The molecule has 7 heteroatoms. The summed E-state index contributed by atoms with van der Waals surface area (Å²) in [6.07, 6.45) is 9.94. The Balaban J connectivity index is 1.65. The van der Waals surface area contributed by atoms with Crippen LogP contribution in [0.1, 0.15) is 31.2 Å². The van der Waals surface area contributed by atoms with E-state index in [4.69, 9.17) is 11.6 Å². The van der Waals surface area contributed by atoms with Crippen molar-refractivity contribution in [3.05, 3.63) is 34.7 Å². The lowest BCUT2D eigenvalue weighted by atomic mass is 10.2. The van der Waals surface area contributed by atoms with Crippen LogP contribution in [-0.4, -0.2) is 39.8 Å². The Bertz CT molecular complexity index is 846. The molecule has 1 saturated heterocycles. The number of nitrogens with one attached hydrogen (secondary N) is 2. The molecule has 1 fully saturated rings. The molecule has 2 aromatic heterocycles. The summed E-state index contributed by atoms with van der Waals surface area (Å²) in [5.41, 5.74) is 2.00. The lowest BCUT2D eigenvalue weighted by molar-refractivity contribution is -0.115. The molecule has 0 spiro atoms. The molecule has 2 aliphatic rings. The average molecular weight is 344 g/mol. The van der Waals surface area contributed by atoms with Gasteiger partial charge in [0.2, 0.25) is 5.96 Å². The van der Waals surface area contributed by atoms with Gasteiger partial charge in [0, 0.05) is 36.4 Å². The zero-order valence-corrected chi connectivity index (χ0v) is 13.9. The van der Waals surface area contributed by atoms with Gasteiger partial charge in [0.1, 0.15) is 11.3 Å². The van der Waals surface area contributed by atoms with Gasteiger partial charge in [-0.2, -0.15) is 0 Å². The van der Waals surface area contributed by atoms with Crippen molar-refractivity contribution >= 4 is 40.6 Å². The van der Waals surface area contributed by atoms with E-state index in [-0.39, 0.29) is 5.91 Å². The first-order valence-corrected chi connectivity index (χ1v) is 8.58. The molecule has 2 aromatic rings. The number of aliphatic imine (C=N–C) groups is 1. The van der Waals surface area contributed by atoms with Crippen LogP contribution in [0.15, 0.2) is 29.1 Å². The Morgan fingerprint density at radius 2 is 2.00 bits per heavy atom. The SMILES string of the molecule is O=C1NC(N2CCCCCC2)=NC1=Cc1c[nH]c2ncc(Cl)cc12. The second-order valence-electron chi connectivity index (χ2n) is 6.11. The van der Waals surface area contributed by atoms with Crippen molar-refractivity contribution < 1.29 is 4.79 Å². The fourth-order valence-corrected chi connectivity index (χ4v) is 3.31. The lowest BCUT2D eigenvalue weighted by Crippen LogP contribution is -2.40. The van der Waals surface area contributed by atoms with Gasteiger partial charge in [0.25, 0.3) is 5.91 Å². The fourth-order valence-electron chi connectivity index (χ4n) is 3.15. The predicted molar refractivity (Wildman–Crippen MR) is 94.7 cm³/mol. The largest absolute Gasteiger partial charge is 0.346 e. The molecule has 0 aliphatic carbocycles. The number of guanidine groups is 1. The molecule has 124 valence electrons. The molecule has 0 radical (unpaired) electrons. The minimum Gasteiger partial charge on any atom is -0.346 e. The summed E-state index contributed by atoms with van der Waals surface area (Å²) >= 11 is 6.02. The number of pyridine rings is 1. The maximum Gasteiger partial charge on any atom is 0.276 e. The molecule has 24 heavy (non-hydrogen) atoms. The number of rotatable bonds is 1. The van der Waals surface area contributed by atoms with Crippen LogP contribution in [0.2, 0.25) is 5.02 Å². The summed E-state index contributed by atoms with van der Waals surface area (Å²) in [4.78, 5) is 26.3. The topological polar surface area (TPSA) is 73.4 Å². The minimum absolute atomic E-state index is 0.168. The molecule has 0 saturated carbocycles. The van der Waals surface area contributed by atoms with Crippen molar-refractivity contribution in [2.45, 2.75) is 25.7 Å². The molecule has 0 atom stereocenters. The molecule has 6 nitrogen and oxygen atoms in total. The number of likely N-dealkylation sites (tertiary alicyclic amines) is 1. The van der Waals surface area contributed by atoms with E-state index in [2.05, 4.69) is 25.2 Å². The smallest absolute Gasteiger partial charge is 0.276 e. The van der Waals surface area contributed by atoms with Gasteiger partial charge in [0.05, 0.1) is 5.02 Å². The van der Waals surface area contributed by atoms with Gasteiger partial charge >= 0.3 is 0 Å². The van der Waals surface area contributed by atoms with Crippen LogP contribution in [0.5, 0.6) is 0 Å². The quantitative estimate of drug-likeness (QED) is 0.782. The molecular weight excluding hydrogens is 326 g/mol. The van der Waals surface area contributed by atoms with Gasteiger partial charge in [-0.25, -0.2) is 9.98 Å². The molecule has 2 N–H and O–H groups in total. The van der Waals surface area contributed by atoms with Gasteiger partial charge < -0.3 is 9.88 Å². The number of nitrogens with zero attached hydrogens (tertiary/aromatic N) is 3. The van der Waals surface area contributed by atoms with Gasteiger partial charge in [-0.05, 0) is 25.0 Å². The number of amides is 1. The number of hydrogen-bond donors (Lipinski definition) is 2. The lowest BCUT2D eigenvalue weighted by Gasteiger charge is -2.20. The number of aromatic amines is 1. The number of carbonyl (C=O) groups excluding carboxylic acids is 1. The Hall–Kier alpha value is -2.34. The highest BCUT2D eigenvalue weighted by atomic mass is 35.5. The number of H-pyrrole nitrogens is 1. The Labute approximate surface area is 144 Å². The summed E-state index contributed by atoms with van der Waals surface area (Å²) in [6.45, 7) is 1.89. The minimum atomic E-state index is -0.168. The van der Waals surface area contributed by atoms with Gasteiger partial charge in [0.15, 0.2) is 0 Å². The Morgan fingerprint density at radius 3 is 2.79 bits per heavy atom. The van der Waals surface area contributed by atoms with Gasteiger partial charge in [-0.3, -0.25) is 10.1 Å². The van der Waals surface area contributed by atoms with Crippen molar-refractivity contribution in [1.82, 2.24) is 20.2 Å². The second-order valence-corrected chi connectivity index (χ2v) is 6.55. The van der Waals surface area contributed by atoms with Crippen LogP contribution in [0.25, 0.3) is 17.1 Å². The number of carbonyl (C=O) groups is 1. The number of halogens is 1. The van der Waals surface area contributed by atoms with Crippen LogP contribution in [0.4, 0.5) is 0 Å². The van der Waals surface area contributed by atoms with E-state index < -0.39 is 0 Å². The third-order valence-corrected chi connectivity index (χ3v) is 4.62. The maximum absolute atomic E-state index is 12.3. The van der Waals surface area contributed by atoms with E-state index in [1.165, 1.54) is 12.8 Å². The zero-order valence-electron chi connectivity index (χ0n) is 13.2. The van der Waals surface area contributed by atoms with E-state index in [9.17, 15) is 4.79 Å². The normalized spacial score (nSPS) is 20.4. The summed E-state index contributed by atoms with van der Waals surface area (Å²) in [6, 6.07) is 1.83. The highest BCUT2D eigenvalue weighted by Crippen LogP contribution is 2.23. The van der Waals surface area contributed by atoms with Crippen molar-refractivity contribution in [3.63, 3.8) is 0 Å². The van der Waals surface area contributed by atoms with Crippen molar-refractivity contribution in [1.29, 1.82) is 0 Å². The predicted octanol–water partition coefficient (Wildman–Crippen LogP) is 2.92. The molecule has 0 bridgehead atoms. The second kappa shape index (κ2) is 6.28. The Kier molecular flexibility index (Phi) is 3.98. The molecule has 2 aliphatic heterocycles. The van der Waals surface area contributed by atoms with Crippen LogP contribution >= 0.6 is 11.6 Å². The van der Waals surface area contributed by atoms with Crippen molar-refractivity contribution in [3.8, 4) is 0 Å². The number of hydrogen-bond acceptors (Lipinski definition) is 4. The van der Waals surface area contributed by atoms with Crippen LogP contribution in [0, 0.1) is 0 Å². The van der Waals surface area contributed by atoms with E-state index >= 15 is 0 Å². The van der Waals surface area contributed by atoms with E-state index in [0.717, 1.165) is 42.5 Å². The summed E-state index contributed by atoms with van der Waals surface area (Å²) in [5, 5.41) is 4.33. The van der Waals surface area contributed by atoms with Crippen LogP contribution in [0.3, 0.4) is 0 Å². The maximum atomic E-state index is 12.3. The zero-order chi connectivity index (χ0) is 16.5. The summed E-state index contributed by atoms with van der Waals surface area (Å²) in [7, 11) is 0. The van der Waals surface area contributed by atoms with Gasteiger partial charge in [-0.15, -0.1) is 0 Å². The number of fused-ring (bicyclic) bond motifs is 1. The van der Waals surface area contributed by atoms with Crippen LogP contribution < -0.4 is 5.32 Å². The summed E-state index contributed by atoms with van der Waals surface area (Å²) in [5.74, 6) is 0.503. The molecule has 0 unspecified atom stereocenters. The van der Waals surface area contributed by atoms with E-state index in [1.807, 2.05) is 12.3 Å². The average Bonchev–Trinajstić information content (AvgIpc) is 3.01. The monoisotopic (exact) mass is 343 g/mol. The third-order valence-electron chi connectivity index (χ3n) is 4.41. The standard InChI is InChI=1S/C17H18ClN5O/c18-12-8-13-11(9-19-15(13)20-10-12)7-14-16(24)22-17(21-14)23-5-3-1-2-4-6-23/h7-10H,1-6H2,(H,19,20)(H,21,22,24). The Morgan fingerprint density at radius 1 is 1.21 bits per heavy atom. The van der Waals surface area contributed by atoms with Crippen LogP contribution in [-0.2, 0) is 4.79 Å². The first-order valence-electron chi connectivity index (χ1n) is 8.20. The van der Waals surface area contributed by atoms with Gasteiger partial charge in [-0.1, -0.05) is 24.4 Å². The molecule has 4 heterocycles. The highest BCUT2D eigenvalue weighted by molar-refractivity contribution is 6.31. The first-order chi connectivity index (χ1) is 11.7. The first kappa shape index (κ1) is 15.2. The molecule has 4 rings (SSSR count).